The van der Waals surface area contributed by atoms with Gasteiger partial charge in [0.05, 0.1) is 33.8 Å². The van der Waals surface area contributed by atoms with E-state index in [4.69, 9.17) is 13.8 Å². The standard InChI is InChI=1S/C69H119N2O7P/c1-7-10-13-16-19-22-25-27-29-31-33-35-37-39-41-43-46-49-52-55-58-61-68(72)70-66(65-77-79(74,75)76-64-63-71(4,5)6)67(60-57-54-51-48-45-24-21-18-15-12-9-3)78-69(73)62-59-56-53-50-47-44-42-40-38-36-34-32-30-28-26-23-20-17-14-11-8-2/h11,14,19-20,22-23,27-30,33-36,40,42,47,50,57,60,66-67H,7-10,12-13,15-18,21,24-26,31-32,37-39,41,43-46,48-49,51-56,58-59,61-65H2,1-6H3,(H-,70,72,74,75)/b14-11-,22-19-,23-20-,29-27-,30-28-,35-33-,36-34-,42-40-,50-47-,60-57+. The number of nitrogens with one attached hydrogen (secondary N) is 1. The lowest BCUT2D eigenvalue weighted by molar-refractivity contribution is -0.870. The van der Waals surface area contributed by atoms with Crippen LogP contribution in [-0.4, -0.2) is 69.4 Å². The number of rotatable bonds is 56. The van der Waals surface area contributed by atoms with Crippen LogP contribution in [0.5, 0.6) is 0 Å². The molecule has 0 aromatic heterocycles. The molecule has 0 radical (unpaired) electrons. The molecule has 3 atom stereocenters. The molecule has 0 aromatic rings. The minimum Gasteiger partial charge on any atom is -0.756 e. The summed E-state index contributed by atoms with van der Waals surface area (Å²) in [6, 6.07) is -0.919. The Hall–Kier alpha value is -3.59. The van der Waals surface area contributed by atoms with Crippen LogP contribution in [0.25, 0.3) is 0 Å². The van der Waals surface area contributed by atoms with Crippen molar-refractivity contribution in [2.45, 2.75) is 264 Å². The van der Waals surface area contributed by atoms with Gasteiger partial charge in [-0.15, -0.1) is 0 Å². The summed E-state index contributed by atoms with van der Waals surface area (Å²) < 4.78 is 30.3. The van der Waals surface area contributed by atoms with Gasteiger partial charge in [0.25, 0.3) is 7.82 Å². The molecule has 0 saturated carbocycles. The van der Waals surface area contributed by atoms with E-state index in [0.29, 0.717) is 23.9 Å². The molecule has 10 heteroatoms. The monoisotopic (exact) mass is 1120 g/mol. The van der Waals surface area contributed by atoms with Crippen LogP contribution >= 0.6 is 7.82 Å². The maximum atomic E-state index is 13.5. The first-order valence-electron chi connectivity index (χ1n) is 31.8. The molecule has 0 aliphatic heterocycles. The maximum absolute atomic E-state index is 13.5. The minimum absolute atomic E-state index is 0.0375. The minimum atomic E-state index is -4.72. The summed E-state index contributed by atoms with van der Waals surface area (Å²) in [5.74, 6) is -0.608. The normalized spacial score (nSPS) is 14.5. The second kappa shape index (κ2) is 57.6. The number of phosphoric ester groups is 1. The average molecular weight is 1120 g/mol. The van der Waals surface area contributed by atoms with Gasteiger partial charge in [0.1, 0.15) is 19.3 Å². The Bertz CT molecular complexity index is 1770. The Morgan fingerprint density at radius 3 is 1.25 bits per heavy atom. The number of hydrogen-bond donors (Lipinski definition) is 1. The molecule has 1 amide bonds. The zero-order valence-electron chi connectivity index (χ0n) is 51.5. The Kier molecular flexibility index (Phi) is 55.0. The van der Waals surface area contributed by atoms with Crippen LogP contribution < -0.4 is 10.2 Å². The first-order valence-corrected chi connectivity index (χ1v) is 33.3. The number of quaternary nitrogens is 1. The van der Waals surface area contributed by atoms with Crippen LogP contribution in [0.1, 0.15) is 252 Å². The molecule has 79 heavy (non-hydrogen) atoms. The third-order valence-corrected chi connectivity index (χ3v) is 14.3. The number of nitrogens with zero attached hydrogens (tertiary/aromatic N) is 1. The van der Waals surface area contributed by atoms with Crippen LogP contribution in [0, 0.1) is 0 Å². The van der Waals surface area contributed by atoms with Gasteiger partial charge in [-0.2, -0.15) is 0 Å². The summed E-state index contributed by atoms with van der Waals surface area (Å²) in [4.78, 5) is 40.0. The third kappa shape index (κ3) is 58.9. The molecule has 452 valence electrons. The molecule has 0 bridgehead atoms. The number of unbranched alkanes of at least 4 members (excludes halogenated alkanes) is 22. The fourth-order valence-corrected chi connectivity index (χ4v) is 9.19. The highest BCUT2D eigenvalue weighted by atomic mass is 31.2. The van der Waals surface area contributed by atoms with Gasteiger partial charge in [0, 0.05) is 12.8 Å². The fourth-order valence-electron chi connectivity index (χ4n) is 8.47. The number of ether oxygens (including phenoxy) is 1. The molecule has 0 fully saturated rings. The van der Waals surface area contributed by atoms with Crippen molar-refractivity contribution >= 4 is 19.7 Å². The van der Waals surface area contributed by atoms with Crippen molar-refractivity contribution in [1.82, 2.24) is 5.32 Å². The van der Waals surface area contributed by atoms with Crippen molar-refractivity contribution in [1.29, 1.82) is 0 Å². The van der Waals surface area contributed by atoms with Crippen molar-refractivity contribution in [2.24, 2.45) is 0 Å². The number of carbonyl (C=O) groups is 2. The summed E-state index contributed by atoms with van der Waals surface area (Å²) in [7, 11) is 1.14. The van der Waals surface area contributed by atoms with E-state index < -0.39 is 26.6 Å². The van der Waals surface area contributed by atoms with E-state index in [0.717, 1.165) is 116 Å². The molecule has 0 rings (SSSR count). The number of phosphoric acid groups is 1. The highest BCUT2D eigenvalue weighted by Gasteiger charge is 2.27. The highest BCUT2D eigenvalue weighted by molar-refractivity contribution is 7.45. The molecule has 9 nitrogen and oxygen atoms in total. The van der Waals surface area contributed by atoms with Crippen molar-refractivity contribution in [3.05, 3.63) is 122 Å². The Morgan fingerprint density at radius 1 is 0.456 bits per heavy atom. The molecule has 0 aromatic carbocycles. The van der Waals surface area contributed by atoms with Crippen molar-refractivity contribution in [3.63, 3.8) is 0 Å². The summed E-state index contributed by atoms with van der Waals surface area (Å²) in [5.41, 5.74) is 0. The van der Waals surface area contributed by atoms with Crippen LogP contribution in [0.4, 0.5) is 0 Å². The first kappa shape index (κ1) is 75.4. The van der Waals surface area contributed by atoms with Gasteiger partial charge < -0.3 is 28.5 Å². The predicted molar refractivity (Wildman–Crippen MR) is 339 cm³/mol. The number of esters is 1. The van der Waals surface area contributed by atoms with Crippen LogP contribution in [0.15, 0.2) is 122 Å². The third-order valence-electron chi connectivity index (χ3n) is 13.4. The Morgan fingerprint density at radius 2 is 0.810 bits per heavy atom. The lowest BCUT2D eigenvalue weighted by atomic mass is 10.0. The van der Waals surface area contributed by atoms with Crippen LogP contribution in [0.3, 0.4) is 0 Å². The number of allylic oxidation sites excluding steroid dienone is 19. The molecular weight excluding hydrogens is 1000 g/mol. The fraction of sp³-hybridized carbons (Fsp3) is 0.681. The molecule has 0 aliphatic rings. The largest absolute Gasteiger partial charge is 0.756 e. The van der Waals surface area contributed by atoms with Crippen LogP contribution in [-0.2, 0) is 27.9 Å². The number of hydrogen-bond acceptors (Lipinski definition) is 7. The SMILES string of the molecule is CC/C=C\C/C=C\C/C=C\C/C=C\C/C=C\C/C=C\CCCCC(=O)OC(/C=C/CCCCCCCCCCC)C(COP(=O)([O-])OCC[N+](C)(C)C)NC(=O)CCCCCCCCCC/C=C\C/C=C\C/C=C\CCCCC. The van der Waals surface area contributed by atoms with Gasteiger partial charge in [0.15, 0.2) is 0 Å². The second-order valence-corrected chi connectivity index (χ2v) is 23.6. The van der Waals surface area contributed by atoms with Gasteiger partial charge in [-0.05, 0) is 122 Å². The van der Waals surface area contributed by atoms with Gasteiger partial charge in [-0.25, -0.2) is 0 Å². The zero-order chi connectivity index (χ0) is 57.9. The van der Waals surface area contributed by atoms with E-state index in [1.54, 1.807) is 0 Å². The van der Waals surface area contributed by atoms with E-state index in [1.165, 1.54) is 96.3 Å². The Labute approximate surface area is 486 Å². The number of carbonyl (C=O) groups excluding carboxylic acids is 2. The van der Waals surface area contributed by atoms with Gasteiger partial charge in [0.2, 0.25) is 5.91 Å². The molecule has 1 N–H and O–H groups in total. The summed E-state index contributed by atoms with van der Waals surface area (Å²) in [6.07, 6.45) is 80.3. The van der Waals surface area contributed by atoms with Gasteiger partial charge in [-0.1, -0.05) is 239 Å². The molecular formula is C69H119N2O7P. The van der Waals surface area contributed by atoms with E-state index in [2.05, 4.69) is 135 Å². The average Bonchev–Trinajstić information content (AvgIpc) is 3.41. The lowest BCUT2D eigenvalue weighted by Crippen LogP contribution is -2.47. The van der Waals surface area contributed by atoms with Crippen molar-refractivity contribution in [3.8, 4) is 0 Å². The van der Waals surface area contributed by atoms with E-state index >= 15 is 0 Å². The first-order chi connectivity index (χ1) is 38.4. The molecule has 0 aliphatic carbocycles. The molecule has 0 spiro atoms. The topological polar surface area (TPSA) is 114 Å². The number of likely N-dealkylation sites (N-methyl/N-ethyl adjacent to an activating group) is 1. The quantitative estimate of drug-likeness (QED) is 0.0212. The van der Waals surface area contributed by atoms with E-state index in [9.17, 15) is 19.0 Å². The maximum Gasteiger partial charge on any atom is 0.306 e. The zero-order valence-corrected chi connectivity index (χ0v) is 52.4. The number of amides is 1. The summed E-state index contributed by atoms with van der Waals surface area (Å²) in [5, 5.41) is 3.01. The molecule has 0 saturated heterocycles. The van der Waals surface area contributed by atoms with Crippen molar-refractivity contribution < 1.29 is 37.3 Å². The van der Waals surface area contributed by atoms with Gasteiger partial charge in [-0.3, -0.25) is 14.2 Å². The Balaban J connectivity index is 5.29. The summed E-state index contributed by atoms with van der Waals surface area (Å²) >= 11 is 0. The highest BCUT2D eigenvalue weighted by Crippen LogP contribution is 2.38. The van der Waals surface area contributed by atoms with Gasteiger partial charge >= 0.3 is 5.97 Å². The lowest BCUT2D eigenvalue weighted by Gasteiger charge is -2.30. The van der Waals surface area contributed by atoms with E-state index in [1.807, 2.05) is 33.3 Å². The van der Waals surface area contributed by atoms with Crippen molar-refractivity contribution in [2.75, 3.05) is 40.9 Å². The van der Waals surface area contributed by atoms with E-state index in [-0.39, 0.29) is 24.9 Å². The van der Waals surface area contributed by atoms with Crippen LogP contribution in [0.2, 0.25) is 0 Å². The second-order valence-electron chi connectivity index (χ2n) is 22.2. The predicted octanol–water partition coefficient (Wildman–Crippen LogP) is 19.3. The summed E-state index contributed by atoms with van der Waals surface area (Å²) in [6.45, 7) is 6.65. The molecule has 0 heterocycles. The molecule has 3 unspecified atom stereocenters. The smallest absolute Gasteiger partial charge is 0.306 e.